The Morgan fingerprint density at radius 1 is 1.53 bits per heavy atom. The van der Waals surface area contributed by atoms with Gasteiger partial charge in [0.1, 0.15) is 0 Å². The topological polar surface area (TPSA) is 44.5 Å². The van der Waals surface area contributed by atoms with E-state index < -0.39 is 0 Å². The van der Waals surface area contributed by atoms with Crippen molar-refractivity contribution in [3.8, 4) is 0 Å². The SMILES string of the molecule is CCOCC(N)C1CCOC2(CCC2)C1. The summed E-state index contributed by atoms with van der Waals surface area (Å²) in [4.78, 5) is 0. The van der Waals surface area contributed by atoms with Crippen LogP contribution in [-0.2, 0) is 9.47 Å². The standard InChI is InChI=1S/C12H23NO2/c1-2-14-9-11(13)10-4-7-15-12(8-10)5-3-6-12/h10-11H,2-9,13H2,1H3. The molecule has 2 aliphatic rings. The summed E-state index contributed by atoms with van der Waals surface area (Å²) in [6.07, 6.45) is 6.07. The van der Waals surface area contributed by atoms with Crippen molar-refractivity contribution in [3.05, 3.63) is 0 Å². The Bertz CT molecular complexity index is 204. The first-order valence-electron chi connectivity index (χ1n) is 6.23. The van der Waals surface area contributed by atoms with E-state index in [2.05, 4.69) is 0 Å². The largest absolute Gasteiger partial charge is 0.380 e. The Morgan fingerprint density at radius 3 is 2.93 bits per heavy atom. The first-order chi connectivity index (χ1) is 7.26. The van der Waals surface area contributed by atoms with E-state index in [0.717, 1.165) is 26.1 Å². The molecular formula is C12H23NO2. The third-order valence-corrected chi connectivity index (χ3v) is 3.92. The molecule has 15 heavy (non-hydrogen) atoms. The third kappa shape index (κ3) is 2.52. The van der Waals surface area contributed by atoms with Gasteiger partial charge in [0.25, 0.3) is 0 Å². The molecule has 0 aromatic carbocycles. The Hall–Kier alpha value is -0.120. The Labute approximate surface area is 92.3 Å². The van der Waals surface area contributed by atoms with Gasteiger partial charge in [-0.2, -0.15) is 0 Å². The fourth-order valence-corrected chi connectivity index (χ4v) is 2.74. The molecule has 1 aliphatic heterocycles. The summed E-state index contributed by atoms with van der Waals surface area (Å²) in [5.41, 5.74) is 6.37. The number of hydrogen-bond acceptors (Lipinski definition) is 3. The summed E-state index contributed by atoms with van der Waals surface area (Å²) in [5, 5.41) is 0. The zero-order valence-electron chi connectivity index (χ0n) is 9.71. The van der Waals surface area contributed by atoms with Crippen molar-refractivity contribution in [2.45, 2.75) is 50.7 Å². The summed E-state index contributed by atoms with van der Waals surface area (Å²) >= 11 is 0. The monoisotopic (exact) mass is 213 g/mol. The van der Waals surface area contributed by atoms with E-state index in [1.807, 2.05) is 6.92 Å². The molecule has 3 heteroatoms. The van der Waals surface area contributed by atoms with Gasteiger partial charge in [0.05, 0.1) is 12.2 Å². The van der Waals surface area contributed by atoms with Crippen LogP contribution in [0, 0.1) is 5.92 Å². The lowest BCUT2D eigenvalue weighted by atomic mass is 9.70. The molecule has 0 bridgehead atoms. The van der Waals surface area contributed by atoms with Crippen LogP contribution in [0.15, 0.2) is 0 Å². The van der Waals surface area contributed by atoms with Crippen LogP contribution in [0.3, 0.4) is 0 Å². The van der Waals surface area contributed by atoms with E-state index in [1.165, 1.54) is 19.3 Å². The molecule has 3 nitrogen and oxygen atoms in total. The first-order valence-corrected chi connectivity index (χ1v) is 6.23. The van der Waals surface area contributed by atoms with E-state index in [1.54, 1.807) is 0 Å². The lowest BCUT2D eigenvalue weighted by Gasteiger charge is -2.48. The second kappa shape index (κ2) is 4.81. The van der Waals surface area contributed by atoms with Crippen molar-refractivity contribution in [2.24, 2.45) is 11.7 Å². The van der Waals surface area contributed by atoms with Crippen LogP contribution in [0.25, 0.3) is 0 Å². The number of ether oxygens (including phenoxy) is 2. The molecule has 0 aromatic heterocycles. The highest BCUT2D eigenvalue weighted by atomic mass is 16.5. The minimum absolute atomic E-state index is 0.200. The number of hydrogen-bond donors (Lipinski definition) is 1. The fourth-order valence-electron chi connectivity index (χ4n) is 2.74. The van der Waals surface area contributed by atoms with Gasteiger partial charge < -0.3 is 15.2 Å². The first kappa shape index (κ1) is 11.4. The fraction of sp³-hybridized carbons (Fsp3) is 1.00. The highest BCUT2D eigenvalue weighted by Gasteiger charge is 2.43. The van der Waals surface area contributed by atoms with Gasteiger partial charge in [-0.25, -0.2) is 0 Å². The Morgan fingerprint density at radius 2 is 2.33 bits per heavy atom. The molecule has 0 aromatic rings. The second-order valence-corrected chi connectivity index (χ2v) is 4.96. The molecule has 0 amide bonds. The normalized spacial score (nSPS) is 31.2. The van der Waals surface area contributed by atoms with E-state index >= 15 is 0 Å². The van der Waals surface area contributed by atoms with Crippen LogP contribution < -0.4 is 5.73 Å². The second-order valence-electron chi connectivity index (χ2n) is 4.96. The average molecular weight is 213 g/mol. The van der Waals surface area contributed by atoms with Crippen molar-refractivity contribution in [1.29, 1.82) is 0 Å². The molecule has 0 radical (unpaired) electrons. The quantitative estimate of drug-likeness (QED) is 0.773. The molecule has 2 unspecified atom stereocenters. The third-order valence-electron chi connectivity index (χ3n) is 3.92. The zero-order valence-corrected chi connectivity index (χ0v) is 9.71. The summed E-state index contributed by atoms with van der Waals surface area (Å²) in [5.74, 6) is 0.602. The number of rotatable bonds is 4. The van der Waals surface area contributed by atoms with Gasteiger partial charge in [-0.15, -0.1) is 0 Å². The minimum atomic E-state index is 0.200. The van der Waals surface area contributed by atoms with Gasteiger partial charge in [-0.1, -0.05) is 0 Å². The van der Waals surface area contributed by atoms with Gasteiger partial charge in [0, 0.05) is 19.3 Å². The molecule has 1 heterocycles. The maximum Gasteiger partial charge on any atom is 0.0685 e. The van der Waals surface area contributed by atoms with Gasteiger partial charge in [0.15, 0.2) is 0 Å². The molecular weight excluding hydrogens is 190 g/mol. The van der Waals surface area contributed by atoms with Gasteiger partial charge in [0.2, 0.25) is 0 Å². The van der Waals surface area contributed by atoms with Gasteiger partial charge in [-0.3, -0.25) is 0 Å². The van der Waals surface area contributed by atoms with Crippen molar-refractivity contribution >= 4 is 0 Å². The molecule has 2 atom stereocenters. The Kier molecular flexibility index (Phi) is 3.65. The van der Waals surface area contributed by atoms with E-state index in [0.29, 0.717) is 12.5 Å². The van der Waals surface area contributed by atoms with Crippen LogP contribution in [0.1, 0.15) is 39.0 Å². The van der Waals surface area contributed by atoms with E-state index in [-0.39, 0.29) is 11.6 Å². The molecule has 2 rings (SSSR count). The molecule has 1 aliphatic carbocycles. The van der Waals surface area contributed by atoms with Crippen LogP contribution in [0.4, 0.5) is 0 Å². The number of nitrogens with two attached hydrogens (primary N) is 1. The Balaban J connectivity index is 1.81. The van der Waals surface area contributed by atoms with Crippen molar-refractivity contribution < 1.29 is 9.47 Å². The lowest BCUT2D eigenvalue weighted by molar-refractivity contribution is -0.147. The van der Waals surface area contributed by atoms with E-state index in [9.17, 15) is 0 Å². The molecule has 1 saturated carbocycles. The highest BCUT2D eigenvalue weighted by molar-refractivity contribution is 4.96. The van der Waals surface area contributed by atoms with E-state index in [4.69, 9.17) is 15.2 Å². The van der Waals surface area contributed by atoms with Crippen molar-refractivity contribution in [1.82, 2.24) is 0 Å². The van der Waals surface area contributed by atoms with Crippen LogP contribution in [0.2, 0.25) is 0 Å². The van der Waals surface area contributed by atoms with Crippen molar-refractivity contribution in [3.63, 3.8) is 0 Å². The van der Waals surface area contributed by atoms with Crippen molar-refractivity contribution in [2.75, 3.05) is 19.8 Å². The predicted octanol–water partition coefficient (Wildman–Crippen LogP) is 1.70. The van der Waals surface area contributed by atoms with Gasteiger partial charge >= 0.3 is 0 Å². The maximum atomic E-state index is 6.15. The molecule has 88 valence electrons. The molecule has 1 spiro atoms. The molecule has 2 N–H and O–H groups in total. The maximum absolute atomic E-state index is 6.15. The minimum Gasteiger partial charge on any atom is -0.380 e. The summed E-state index contributed by atoms with van der Waals surface area (Å²) in [6.45, 7) is 4.38. The van der Waals surface area contributed by atoms with Crippen LogP contribution in [0.5, 0.6) is 0 Å². The highest BCUT2D eigenvalue weighted by Crippen LogP contribution is 2.44. The van der Waals surface area contributed by atoms with Crippen LogP contribution >= 0.6 is 0 Å². The van der Waals surface area contributed by atoms with Gasteiger partial charge in [-0.05, 0) is 44.9 Å². The predicted molar refractivity (Wildman–Crippen MR) is 59.7 cm³/mol. The zero-order chi connectivity index (χ0) is 10.7. The summed E-state index contributed by atoms with van der Waals surface area (Å²) in [6, 6.07) is 0.200. The summed E-state index contributed by atoms with van der Waals surface area (Å²) in [7, 11) is 0. The van der Waals surface area contributed by atoms with Crippen LogP contribution in [-0.4, -0.2) is 31.5 Å². The molecule has 2 fully saturated rings. The lowest BCUT2D eigenvalue weighted by Crippen LogP contribution is -2.50. The average Bonchev–Trinajstić information content (AvgIpc) is 2.24. The summed E-state index contributed by atoms with van der Waals surface area (Å²) < 4.78 is 11.3. The molecule has 1 saturated heterocycles. The smallest absolute Gasteiger partial charge is 0.0685 e.